The van der Waals surface area contributed by atoms with Crippen LogP contribution >= 0.6 is 0 Å². The van der Waals surface area contributed by atoms with Gasteiger partial charge in [-0.25, -0.2) is 4.98 Å². The number of nitrogens with one attached hydrogen (secondary N) is 1. The molecule has 0 atom stereocenters. The molecule has 0 unspecified atom stereocenters. The molecular weight excluding hydrogens is 374 g/mol. The molecule has 2 aromatic rings. The number of anilines is 2. The van der Waals surface area contributed by atoms with Crippen molar-refractivity contribution in [2.75, 3.05) is 55.6 Å². The van der Waals surface area contributed by atoms with Crippen molar-refractivity contribution in [1.29, 1.82) is 0 Å². The normalized spacial score (nSPS) is 17.4. The Kier molecular flexibility index (Phi) is 6.53. The zero-order valence-electron chi connectivity index (χ0n) is 18.2. The van der Waals surface area contributed by atoms with E-state index in [2.05, 4.69) is 50.1 Å². The van der Waals surface area contributed by atoms with Crippen molar-refractivity contribution in [3.05, 3.63) is 53.2 Å². The van der Waals surface area contributed by atoms with Crippen molar-refractivity contribution >= 4 is 17.4 Å². The smallest absolute Gasteiger partial charge is 0.253 e. The third kappa shape index (κ3) is 4.75. The fourth-order valence-corrected chi connectivity index (χ4v) is 4.38. The molecule has 6 heteroatoms. The third-order valence-corrected chi connectivity index (χ3v) is 6.25. The molecule has 0 aliphatic carbocycles. The predicted molar refractivity (Wildman–Crippen MR) is 122 cm³/mol. The second kappa shape index (κ2) is 9.47. The summed E-state index contributed by atoms with van der Waals surface area (Å²) in [4.78, 5) is 24.7. The molecule has 2 saturated heterocycles. The number of likely N-dealkylation sites (N-methyl/N-ethyl adjacent to an activating group) is 1. The molecule has 4 rings (SSSR count). The highest BCUT2D eigenvalue weighted by Crippen LogP contribution is 2.26. The van der Waals surface area contributed by atoms with Crippen LogP contribution in [0.2, 0.25) is 0 Å². The number of aryl methyl sites for hydroxylation is 1. The van der Waals surface area contributed by atoms with Crippen molar-refractivity contribution in [3.8, 4) is 0 Å². The minimum atomic E-state index is -0.00415. The quantitative estimate of drug-likeness (QED) is 0.798. The van der Waals surface area contributed by atoms with Gasteiger partial charge in [-0.3, -0.25) is 4.79 Å². The first-order chi connectivity index (χ1) is 14.6. The molecule has 6 nitrogen and oxygen atoms in total. The van der Waals surface area contributed by atoms with Crippen LogP contribution in [0.3, 0.4) is 0 Å². The summed E-state index contributed by atoms with van der Waals surface area (Å²) in [5.74, 6) is 1.00. The van der Waals surface area contributed by atoms with Gasteiger partial charge in [-0.05, 0) is 56.1 Å². The number of nitrogens with zero attached hydrogens (tertiary/aromatic N) is 4. The summed E-state index contributed by atoms with van der Waals surface area (Å²) in [7, 11) is 0. The van der Waals surface area contributed by atoms with Crippen molar-refractivity contribution in [2.24, 2.45) is 0 Å². The van der Waals surface area contributed by atoms with Crippen LogP contribution in [0, 0.1) is 6.92 Å². The number of carbonyl (C=O) groups excluding carboxylic acids is 1. The zero-order valence-corrected chi connectivity index (χ0v) is 18.2. The number of amides is 1. The van der Waals surface area contributed by atoms with E-state index in [1.165, 1.54) is 12.8 Å². The molecule has 30 heavy (non-hydrogen) atoms. The van der Waals surface area contributed by atoms with Gasteiger partial charge in [0.2, 0.25) is 0 Å². The van der Waals surface area contributed by atoms with Gasteiger partial charge in [0.05, 0.1) is 5.56 Å². The third-order valence-electron chi connectivity index (χ3n) is 6.25. The first-order valence-electron chi connectivity index (χ1n) is 11.2. The number of hydrogen-bond donors (Lipinski definition) is 1. The molecule has 1 N–H and O–H groups in total. The second-order valence-electron chi connectivity index (χ2n) is 8.34. The van der Waals surface area contributed by atoms with Crippen molar-refractivity contribution in [2.45, 2.75) is 33.2 Å². The van der Waals surface area contributed by atoms with Crippen molar-refractivity contribution < 1.29 is 4.79 Å². The molecule has 2 aliphatic heterocycles. The average Bonchev–Trinajstić information content (AvgIpc) is 3.32. The zero-order chi connectivity index (χ0) is 20.9. The van der Waals surface area contributed by atoms with E-state index >= 15 is 0 Å². The summed E-state index contributed by atoms with van der Waals surface area (Å²) in [6.45, 7) is 12.1. The highest BCUT2D eigenvalue weighted by Gasteiger charge is 2.20. The first-order valence-corrected chi connectivity index (χ1v) is 11.2. The van der Waals surface area contributed by atoms with Gasteiger partial charge >= 0.3 is 0 Å². The lowest BCUT2D eigenvalue weighted by molar-refractivity contribution is 0.0951. The topological polar surface area (TPSA) is 51.7 Å². The van der Waals surface area contributed by atoms with E-state index < -0.39 is 0 Å². The van der Waals surface area contributed by atoms with Gasteiger partial charge in [-0.2, -0.15) is 0 Å². The largest absolute Gasteiger partial charge is 0.371 e. The first kappa shape index (κ1) is 20.7. The van der Waals surface area contributed by atoms with Crippen LogP contribution in [0.25, 0.3) is 0 Å². The fourth-order valence-electron chi connectivity index (χ4n) is 4.38. The lowest BCUT2D eigenvalue weighted by atomic mass is 10.1. The molecule has 1 aromatic heterocycles. The highest BCUT2D eigenvalue weighted by molar-refractivity contribution is 6.00. The van der Waals surface area contributed by atoms with E-state index in [0.717, 1.165) is 74.0 Å². The Hall–Kier alpha value is -2.60. The van der Waals surface area contributed by atoms with E-state index in [4.69, 9.17) is 0 Å². The van der Waals surface area contributed by atoms with Crippen LogP contribution in [0.4, 0.5) is 11.5 Å². The summed E-state index contributed by atoms with van der Waals surface area (Å²) in [6.07, 6.45) is 4.24. The molecule has 0 saturated carbocycles. The standard InChI is InChI=1S/C24H33N5O/c1-3-27-12-14-29(15-13-27)23-17-20(8-9-25-23)18-26-24(30)21-16-19(2)6-7-22(21)28-10-4-5-11-28/h6-9,16-17H,3-5,10-15,18H2,1-2H3,(H,26,30). The summed E-state index contributed by atoms with van der Waals surface area (Å²) < 4.78 is 0. The summed E-state index contributed by atoms with van der Waals surface area (Å²) in [5.41, 5.74) is 4.03. The lowest BCUT2D eigenvalue weighted by Crippen LogP contribution is -2.46. The minimum absolute atomic E-state index is 0.00415. The van der Waals surface area contributed by atoms with E-state index in [-0.39, 0.29) is 5.91 Å². The number of benzene rings is 1. The Balaban J connectivity index is 1.42. The van der Waals surface area contributed by atoms with Gasteiger partial charge in [0, 0.05) is 57.7 Å². The molecule has 0 bridgehead atoms. The van der Waals surface area contributed by atoms with Crippen LogP contribution in [-0.4, -0.2) is 61.6 Å². The van der Waals surface area contributed by atoms with Gasteiger partial charge in [0.25, 0.3) is 5.91 Å². The Morgan fingerprint density at radius 2 is 1.77 bits per heavy atom. The van der Waals surface area contributed by atoms with Crippen LogP contribution in [0.5, 0.6) is 0 Å². The Morgan fingerprint density at radius 3 is 2.50 bits per heavy atom. The molecule has 3 heterocycles. The summed E-state index contributed by atoms with van der Waals surface area (Å²) in [6, 6.07) is 10.3. The molecular formula is C24H33N5O. The molecule has 0 spiro atoms. The maximum absolute atomic E-state index is 13.0. The van der Waals surface area contributed by atoms with Crippen molar-refractivity contribution in [1.82, 2.24) is 15.2 Å². The number of carbonyl (C=O) groups is 1. The molecule has 0 radical (unpaired) electrons. The number of rotatable bonds is 6. The SMILES string of the molecule is CCN1CCN(c2cc(CNC(=O)c3cc(C)ccc3N3CCCC3)ccn2)CC1. The molecule has 2 aliphatic rings. The maximum Gasteiger partial charge on any atom is 0.253 e. The van der Waals surface area contributed by atoms with Crippen LogP contribution in [0.15, 0.2) is 36.5 Å². The van der Waals surface area contributed by atoms with Crippen LogP contribution in [-0.2, 0) is 6.54 Å². The number of aromatic nitrogens is 1. The van der Waals surface area contributed by atoms with E-state index in [0.29, 0.717) is 6.54 Å². The molecule has 160 valence electrons. The number of hydrogen-bond acceptors (Lipinski definition) is 5. The Labute approximate surface area is 179 Å². The molecule has 2 fully saturated rings. The summed E-state index contributed by atoms with van der Waals surface area (Å²) in [5, 5.41) is 3.13. The minimum Gasteiger partial charge on any atom is -0.371 e. The van der Waals surface area contributed by atoms with Gasteiger partial charge in [-0.15, -0.1) is 0 Å². The van der Waals surface area contributed by atoms with Crippen LogP contribution < -0.4 is 15.1 Å². The van der Waals surface area contributed by atoms with E-state index in [1.807, 2.05) is 25.3 Å². The van der Waals surface area contributed by atoms with E-state index in [1.54, 1.807) is 0 Å². The van der Waals surface area contributed by atoms with Crippen molar-refractivity contribution in [3.63, 3.8) is 0 Å². The van der Waals surface area contributed by atoms with Gasteiger partial charge in [0.1, 0.15) is 5.82 Å². The highest BCUT2D eigenvalue weighted by atomic mass is 16.1. The maximum atomic E-state index is 13.0. The number of pyridine rings is 1. The second-order valence-corrected chi connectivity index (χ2v) is 8.34. The van der Waals surface area contributed by atoms with Crippen LogP contribution in [0.1, 0.15) is 41.3 Å². The fraction of sp³-hybridized carbons (Fsp3) is 0.500. The average molecular weight is 408 g/mol. The number of piperazine rings is 1. The summed E-state index contributed by atoms with van der Waals surface area (Å²) >= 11 is 0. The van der Waals surface area contributed by atoms with Gasteiger partial charge in [0.15, 0.2) is 0 Å². The Bertz CT molecular complexity index is 870. The predicted octanol–water partition coefficient (Wildman–Crippen LogP) is 3.06. The molecule has 1 aromatic carbocycles. The monoisotopic (exact) mass is 407 g/mol. The Morgan fingerprint density at radius 1 is 1.00 bits per heavy atom. The molecule has 1 amide bonds. The van der Waals surface area contributed by atoms with Gasteiger partial charge in [-0.1, -0.05) is 18.6 Å². The van der Waals surface area contributed by atoms with E-state index in [9.17, 15) is 4.79 Å². The van der Waals surface area contributed by atoms with Gasteiger partial charge < -0.3 is 20.0 Å². The lowest BCUT2D eigenvalue weighted by Gasteiger charge is -2.34.